The third kappa shape index (κ3) is 2.01. The van der Waals surface area contributed by atoms with Gasteiger partial charge in [0.2, 0.25) is 11.9 Å². The highest BCUT2D eigenvalue weighted by molar-refractivity contribution is 5.24. The van der Waals surface area contributed by atoms with Crippen LogP contribution in [0.15, 0.2) is 18.7 Å². The predicted molar refractivity (Wildman–Crippen MR) is 52.5 cm³/mol. The van der Waals surface area contributed by atoms with Crippen LogP contribution in [-0.4, -0.2) is 31.1 Å². The number of hydrogen-bond acceptors (Lipinski definition) is 6. The summed E-state index contributed by atoms with van der Waals surface area (Å²) in [5.74, 6) is 0.514. The quantitative estimate of drug-likeness (QED) is 0.762. The second kappa shape index (κ2) is 3.91. The maximum Gasteiger partial charge on any atom is 0.323 e. The maximum absolute atomic E-state index is 5.52. The van der Waals surface area contributed by atoms with Gasteiger partial charge in [-0.1, -0.05) is 0 Å². The molecule has 0 aliphatic rings. The van der Waals surface area contributed by atoms with E-state index in [9.17, 15) is 0 Å². The molecule has 7 heteroatoms. The van der Waals surface area contributed by atoms with Gasteiger partial charge in [0, 0.05) is 12.4 Å². The van der Waals surface area contributed by atoms with Gasteiger partial charge in [-0.05, 0) is 6.92 Å². The van der Waals surface area contributed by atoms with E-state index in [1.807, 2.05) is 6.92 Å². The zero-order valence-corrected chi connectivity index (χ0v) is 8.16. The molecule has 7 nitrogen and oxygen atoms in total. The van der Waals surface area contributed by atoms with Crippen LogP contribution in [0.4, 0.5) is 5.95 Å². The van der Waals surface area contributed by atoms with E-state index in [0.717, 1.165) is 0 Å². The third-order valence-corrected chi connectivity index (χ3v) is 1.63. The smallest absolute Gasteiger partial charge is 0.323 e. The number of nitrogens with zero attached hydrogens (tertiary/aromatic N) is 5. The molecule has 0 amide bonds. The molecule has 2 N–H and O–H groups in total. The van der Waals surface area contributed by atoms with Gasteiger partial charge in [-0.15, -0.1) is 0 Å². The number of nitrogens with two attached hydrogens (primary N) is 1. The first-order valence-corrected chi connectivity index (χ1v) is 4.42. The minimum Gasteiger partial charge on any atom is -0.464 e. The van der Waals surface area contributed by atoms with Crippen LogP contribution in [0.2, 0.25) is 0 Å². The average molecular weight is 206 g/mol. The Bertz CT molecular complexity index is 440. The van der Waals surface area contributed by atoms with Crippen molar-refractivity contribution < 1.29 is 4.74 Å². The Hall–Kier alpha value is -2.18. The van der Waals surface area contributed by atoms with Gasteiger partial charge in [-0.3, -0.25) is 4.57 Å². The minimum absolute atomic E-state index is 0.122. The Morgan fingerprint density at radius 2 is 2.27 bits per heavy atom. The summed E-state index contributed by atoms with van der Waals surface area (Å²) in [7, 11) is 0. The van der Waals surface area contributed by atoms with Gasteiger partial charge in [0.05, 0.1) is 6.61 Å². The molecule has 0 radical (unpaired) electrons. The molecule has 0 atom stereocenters. The molecule has 15 heavy (non-hydrogen) atoms. The highest BCUT2D eigenvalue weighted by Gasteiger charge is 2.05. The summed E-state index contributed by atoms with van der Waals surface area (Å²) in [5, 5.41) is 0. The lowest BCUT2D eigenvalue weighted by Gasteiger charge is -2.04. The second-order valence-electron chi connectivity index (χ2n) is 2.68. The van der Waals surface area contributed by atoms with Crippen molar-refractivity contribution >= 4 is 5.95 Å². The predicted octanol–water partition coefficient (Wildman–Crippen LogP) is 0.0382. The Kier molecular flexibility index (Phi) is 2.44. The van der Waals surface area contributed by atoms with Gasteiger partial charge in [-0.25, -0.2) is 4.98 Å². The number of anilines is 1. The SMILES string of the molecule is CCOc1nc(N)nc(-n2ccnc2)n1. The summed E-state index contributed by atoms with van der Waals surface area (Å²) in [6.07, 6.45) is 4.91. The maximum atomic E-state index is 5.52. The Balaban J connectivity index is 2.40. The van der Waals surface area contributed by atoms with E-state index in [0.29, 0.717) is 12.6 Å². The zero-order valence-electron chi connectivity index (χ0n) is 8.16. The molecule has 2 heterocycles. The van der Waals surface area contributed by atoms with Gasteiger partial charge in [0.25, 0.3) is 0 Å². The van der Waals surface area contributed by atoms with Crippen LogP contribution in [0.3, 0.4) is 0 Å². The summed E-state index contributed by atoms with van der Waals surface area (Å²) < 4.78 is 6.77. The number of aromatic nitrogens is 5. The molecule has 2 aromatic rings. The van der Waals surface area contributed by atoms with Gasteiger partial charge in [0.15, 0.2) is 0 Å². The lowest BCUT2D eigenvalue weighted by atomic mass is 10.8. The van der Waals surface area contributed by atoms with E-state index < -0.39 is 0 Å². The lowest BCUT2D eigenvalue weighted by Crippen LogP contribution is -2.07. The number of nitrogen functional groups attached to an aromatic ring is 1. The molecule has 2 aromatic heterocycles. The van der Waals surface area contributed by atoms with Gasteiger partial charge >= 0.3 is 6.01 Å². The second-order valence-corrected chi connectivity index (χ2v) is 2.68. The van der Waals surface area contributed by atoms with Crippen molar-refractivity contribution in [1.82, 2.24) is 24.5 Å². The number of hydrogen-bond donors (Lipinski definition) is 1. The van der Waals surface area contributed by atoms with Crippen LogP contribution in [0.5, 0.6) is 6.01 Å². The van der Waals surface area contributed by atoms with Crippen LogP contribution < -0.4 is 10.5 Å². The van der Waals surface area contributed by atoms with Crippen LogP contribution in [0.25, 0.3) is 5.95 Å². The third-order valence-electron chi connectivity index (χ3n) is 1.63. The van der Waals surface area contributed by atoms with E-state index in [-0.39, 0.29) is 12.0 Å². The molecule has 0 aliphatic heterocycles. The van der Waals surface area contributed by atoms with Gasteiger partial charge in [-0.2, -0.15) is 15.0 Å². The fourth-order valence-electron chi connectivity index (χ4n) is 1.05. The molecule has 0 saturated heterocycles. The van der Waals surface area contributed by atoms with E-state index in [1.54, 1.807) is 23.3 Å². The molecule has 0 bridgehead atoms. The Morgan fingerprint density at radius 3 is 2.93 bits per heavy atom. The highest BCUT2D eigenvalue weighted by Crippen LogP contribution is 2.08. The fourth-order valence-corrected chi connectivity index (χ4v) is 1.05. The molecule has 2 rings (SSSR count). The number of rotatable bonds is 3. The van der Waals surface area contributed by atoms with Crippen molar-refractivity contribution in [2.24, 2.45) is 0 Å². The summed E-state index contributed by atoms with van der Waals surface area (Å²) in [6.45, 7) is 2.32. The molecular weight excluding hydrogens is 196 g/mol. The normalized spacial score (nSPS) is 10.2. The summed E-state index contributed by atoms with van der Waals surface area (Å²) in [4.78, 5) is 15.7. The van der Waals surface area contributed by atoms with Crippen molar-refractivity contribution in [3.63, 3.8) is 0 Å². The van der Waals surface area contributed by atoms with Gasteiger partial charge in [0.1, 0.15) is 6.33 Å². The number of imidazole rings is 1. The first-order chi connectivity index (χ1) is 7.29. The standard InChI is InChI=1S/C8H10N6O/c1-2-15-8-12-6(9)11-7(13-8)14-4-3-10-5-14/h3-5H,2H2,1H3,(H2,9,11,12,13). The van der Waals surface area contributed by atoms with Crippen LogP contribution >= 0.6 is 0 Å². The lowest BCUT2D eigenvalue weighted by molar-refractivity contribution is 0.311. The van der Waals surface area contributed by atoms with E-state index >= 15 is 0 Å². The van der Waals surface area contributed by atoms with Crippen LogP contribution in [0.1, 0.15) is 6.92 Å². The monoisotopic (exact) mass is 206 g/mol. The first kappa shape index (κ1) is 9.38. The molecule has 0 unspecified atom stereocenters. The van der Waals surface area contributed by atoms with Crippen LogP contribution in [-0.2, 0) is 0 Å². The molecule has 0 spiro atoms. The summed E-state index contributed by atoms with van der Waals surface area (Å²) in [6, 6.07) is 0.216. The summed E-state index contributed by atoms with van der Waals surface area (Å²) >= 11 is 0. The van der Waals surface area contributed by atoms with Crippen molar-refractivity contribution in [1.29, 1.82) is 0 Å². The molecule has 0 aromatic carbocycles. The molecular formula is C8H10N6O. The summed E-state index contributed by atoms with van der Waals surface area (Å²) in [5.41, 5.74) is 5.52. The van der Waals surface area contributed by atoms with Crippen molar-refractivity contribution in [3.8, 4) is 12.0 Å². The van der Waals surface area contributed by atoms with Crippen LogP contribution in [0, 0.1) is 0 Å². The zero-order chi connectivity index (χ0) is 10.7. The number of ether oxygens (including phenoxy) is 1. The van der Waals surface area contributed by atoms with Crippen molar-refractivity contribution in [2.75, 3.05) is 12.3 Å². The fraction of sp³-hybridized carbons (Fsp3) is 0.250. The molecule has 0 fully saturated rings. The van der Waals surface area contributed by atoms with Gasteiger partial charge < -0.3 is 10.5 Å². The van der Waals surface area contributed by atoms with E-state index in [2.05, 4.69) is 19.9 Å². The molecule has 0 saturated carbocycles. The minimum atomic E-state index is 0.122. The first-order valence-electron chi connectivity index (χ1n) is 4.42. The largest absolute Gasteiger partial charge is 0.464 e. The average Bonchev–Trinajstić information content (AvgIpc) is 2.70. The van der Waals surface area contributed by atoms with Crippen molar-refractivity contribution in [3.05, 3.63) is 18.7 Å². The molecule has 0 aliphatic carbocycles. The topological polar surface area (TPSA) is 91.7 Å². The Labute approximate surface area is 86.0 Å². The van der Waals surface area contributed by atoms with E-state index in [4.69, 9.17) is 10.5 Å². The highest BCUT2D eigenvalue weighted by atomic mass is 16.5. The van der Waals surface area contributed by atoms with Crippen molar-refractivity contribution in [2.45, 2.75) is 6.92 Å². The van der Waals surface area contributed by atoms with E-state index in [1.165, 1.54) is 0 Å². The molecule has 78 valence electrons. The Morgan fingerprint density at radius 1 is 1.40 bits per heavy atom.